The highest BCUT2D eigenvalue weighted by Gasteiger charge is 2.18. The first-order valence-corrected chi connectivity index (χ1v) is 4.02. The second kappa shape index (κ2) is 3.77. The first-order chi connectivity index (χ1) is 4.86. The topological polar surface area (TPSA) is 9.23 Å². The van der Waals surface area contributed by atoms with Gasteiger partial charge in [0.25, 0.3) is 0 Å². The molecule has 0 radical (unpaired) electrons. The zero-order valence-corrected chi connectivity index (χ0v) is 6.68. The van der Waals surface area contributed by atoms with Crippen molar-refractivity contribution in [1.82, 2.24) is 0 Å². The molecule has 0 saturated heterocycles. The number of methoxy groups -OCH3 is 1. The van der Waals surface area contributed by atoms with Crippen LogP contribution >= 0.6 is 0 Å². The molecular formula is C9H16O. The Bertz CT molecular complexity index is 109. The molecule has 0 aromatic heterocycles. The van der Waals surface area contributed by atoms with E-state index in [1.54, 1.807) is 7.11 Å². The summed E-state index contributed by atoms with van der Waals surface area (Å²) in [6.07, 6.45) is 7.58. The average molecular weight is 140 g/mol. The van der Waals surface area contributed by atoms with Crippen molar-refractivity contribution in [1.29, 1.82) is 0 Å². The van der Waals surface area contributed by atoms with Gasteiger partial charge in [0.2, 0.25) is 0 Å². The fraction of sp³-hybridized carbons (Fsp3) is 0.778. The standard InChI is InChI=1S/C9H16O/c1-3-8-5-4-6-9(7-8)10-2/h3,8-9H,1,4-7H2,2H3. The molecule has 0 heterocycles. The average Bonchev–Trinajstić information content (AvgIpc) is 2.05. The molecule has 0 bridgehead atoms. The molecule has 1 aliphatic rings. The minimum absolute atomic E-state index is 0.497. The number of hydrogen-bond donors (Lipinski definition) is 0. The van der Waals surface area contributed by atoms with E-state index >= 15 is 0 Å². The second-order valence-electron chi connectivity index (χ2n) is 3.02. The van der Waals surface area contributed by atoms with Crippen LogP contribution in [-0.2, 0) is 4.74 Å². The van der Waals surface area contributed by atoms with Gasteiger partial charge in [-0.2, -0.15) is 0 Å². The van der Waals surface area contributed by atoms with Crippen LogP contribution in [0.3, 0.4) is 0 Å². The first kappa shape index (κ1) is 7.80. The van der Waals surface area contributed by atoms with Crippen LogP contribution in [0.15, 0.2) is 12.7 Å². The molecule has 10 heavy (non-hydrogen) atoms. The molecule has 2 unspecified atom stereocenters. The van der Waals surface area contributed by atoms with E-state index in [-0.39, 0.29) is 0 Å². The molecule has 1 nitrogen and oxygen atoms in total. The predicted molar refractivity (Wildman–Crippen MR) is 43.0 cm³/mol. The fourth-order valence-corrected chi connectivity index (χ4v) is 1.61. The summed E-state index contributed by atoms with van der Waals surface area (Å²) in [6, 6.07) is 0. The zero-order chi connectivity index (χ0) is 7.40. The number of rotatable bonds is 2. The highest BCUT2D eigenvalue weighted by Crippen LogP contribution is 2.26. The molecule has 0 aromatic rings. The summed E-state index contributed by atoms with van der Waals surface area (Å²) in [6.45, 7) is 3.80. The van der Waals surface area contributed by atoms with E-state index in [1.807, 2.05) is 0 Å². The molecule has 0 spiro atoms. The summed E-state index contributed by atoms with van der Waals surface area (Å²) in [5, 5.41) is 0. The molecule has 1 rings (SSSR count). The third-order valence-corrected chi connectivity index (χ3v) is 2.33. The van der Waals surface area contributed by atoms with E-state index in [0.717, 1.165) is 0 Å². The monoisotopic (exact) mass is 140 g/mol. The molecule has 1 heteroatoms. The summed E-state index contributed by atoms with van der Waals surface area (Å²) in [5.41, 5.74) is 0. The summed E-state index contributed by atoms with van der Waals surface area (Å²) >= 11 is 0. The molecule has 1 saturated carbocycles. The lowest BCUT2D eigenvalue weighted by Gasteiger charge is -2.25. The van der Waals surface area contributed by atoms with E-state index < -0.39 is 0 Å². The normalized spacial score (nSPS) is 33.7. The van der Waals surface area contributed by atoms with Gasteiger partial charge in [0.15, 0.2) is 0 Å². The summed E-state index contributed by atoms with van der Waals surface area (Å²) in [7, 11) is 1.80. The van der Waals surface area contributed by atoms with Crippen LogP contribution in [-0.4, -0.2) is 13.2 Å². The number of hydrogen-bond acceptors (Lipinski definition) is 1. The van der Waals surface area contributed by atoms with Crippen molar-refractivity contribution in [2.24, 2.45) is 5.92 Å². The van der Waals surface area contributed by atoms with Gasteiger partial charge in [-0.3, -0.25) is 0 Å². The van der Waals surface area contributed by atoms with Crippen LogP contribution in [0.25, 0.3) is 0 Å². The van der Waals surface area contributed by atoms with Crippen molar-refractivity contribution < 1.29 is 4.74 Å². The summed E-state index contributed by atoms with van der Waals surface area (Å²) < 4.78 is 5.28. The molecule has 1 fully saturated rings. The van der Waals surface area contributed by atoms with Crippen molar-refractivity contribution in [2.45, 2.75) is 31.8 Å². The van der Waals surface area contributed by atoms with Gasteiger partial charge < -0.3 is 4.74 Å². The highest BCUT2D eigenvalue weighted by atomic mass is 16.5. The van der Waals surface area contributed by atoms with Gasteiger partial charge in [-0.15, -0.1) is 6.58 Å². The fourth-order valence-electron chi connectivity index (χ4n) is 1.61. The van der Waals surface area contributed by atoms with Gasteiger partial charge in [0.1, 0.15) is 0 Å². The van der Waals surface area contributed by atoms with Crippen LogP contribution in [0.1, 0.15) is 25.7 Å². The molecule has 0 N–H and O–H groups in total. The molecule has 2 atom stereocenters. The maximum atomic E-state index is 5.28. The Kier molecular flexibility index (Phi) is 2.94. The van der Waals surface area contributed by atoms with Gasteiger partial charge >= 0.3 is 0 Å². The van der Waals surface area contributed by atoms with Gasteiger partial charge in [0, 0.05) is 7.11 Å². The van der Waals surface area contributed by atoms with Crippen molar-refractivity contribution in [3.8, 4) is 0 Å². The van der Waals surface area contributed by atoms with E-state index in [0.29, 0.717) is 12.0 Å². The zero-order valence-electron chi connectivity index (χ0n) is 6.68. The Labute approximate surface area is 63.1 Å². The Balaban J connectivity index is 2.31. The smallest absolute Gasteiger partial charge is 0.0577 e. The van der Waals surface area contributed by atoms with Gasteiger partial charge in [-0.05, 0) is 25.2 Å². The van der Waals surface area contributed by atoms with Crippen LogP contribution in [0.2, 0.25) is 0 Å². The van der Waals surface area contributed by atoms with E-state index in [4.69, 9.17) is 4.74 Å². The van der Waals surface area contributed by atoms with Crippen molar-refractivity contribution in [3.05, 3.63) is 12.7 Å². The number of allylic oxidation sites excluding steroid dienone is 1. The van der Waals surface area contributed by atoms with Crippen molar-refractivity contribution in [2.75, 3.05) is 7.11 Å². The first-order valence-electron chi connectivity index (χ1n) is 4.02. The van der Waals surface area contributed by atoms with E-state index in [2.05, 4.69) is 12.7 Å². The van der Waals surface area contributed by atoms with Crippen LogP contribution in [0.5, 0.6) is 0 Å². The maximum Gasteiger partial charge on any atom is 0.0577 e. The summed E-state index contributed by atoms with van der Waals surface area (Å²) in [4.78, 5) is 0. The van der Waals surface area contributed by atoms with Crippen LogP contribution < -0.4 is 0 Å². The van der Waals surface area contributed by atoms with Crippen molar-refractivity contribution >= 4 is 0 Å². The van der Waals surface area contributed by atoms with Gasteiger partial charge in [-0.1, -0.05) is 12.5 Å². The molecule has 0 aromatic carbocycles. The minimum Gasteiger partial charge on any atom is -0.381 e. The molecular weight excluding hydrogens is 124 g/mol. The maximum absolute atomic E-state index is 5.28. The molecule has 0 aliphatic heterocycles. The third kappa shape index (κ3) is 1.84. The van der Waals surface area contributed by atoms with Gasteiger partial charge in [-0.25, -0.2) is 0 Å². The molecule has 0 amide bonds. The Morgan fingerprint density at radius 2 is 2.30 bits per heavy atom. The lowest BCUT2D eigenvalue weighted by atomic mass is 9.87. The van der Waals surface area contributed by atoms with Crippen LogP contribution in [0, 0.1) is 5.92 Å². The van der Waals surface area contributed by atoms with Gasteiger partial charge in [0.05, 0.1) is 6.10 Å². The van der Waals surface area contributed by atoms with E-state index in [9.17, 15) is 0 Å². The minimum atomic E-state index is 0.497. The SMILES string of the molecule is C=CC1CCCC(OC)C1. The Hall–Kier alpha value is -0.300. The Morgan fingerprint density at radius 1 is 1.50 bits per heavy atom. The van der Waals surface area contributed by atoms with Crippen molar-refractivity contribution in [3.63, 3.8) is 0 Å². The second-order valence-corrected chi connectivity index (χ2v) is 3.02. The Morgan fingerprint density at radius 3 is 2.90 bits per heavy atom. The van der Waals surface area contributed by atoms with Crippen LogP contribution in [0.4, 0.5) is 0 Å². The lowest BCUT2D eigenvalue weighted by molar-refractivity contribution is 0.0590. The molecule has 1 aliphatic carbocycles. The quantitative estimate of drug-likeness (QED) is 0.535. The largest absolute Gasteiger partial charge is 0.381 e. The molecule has 58 valence electrons. The summed E-state index contributed by atoms with van der Waals surface area (Å²) in [5.74, 6) is 0.707. The number of ether oxygens (including phenoxy) is 1. The third-order valence-electron chi connectivity index (χ3n) is 2.33. The predicted octanol–water partition coefficient (Wildman–Crippen LogP) is 2.38. The highest BCUT2D eigenvalue weighted by molar-refractivity contribution is 4.84. The van der Waals surface area contributed by atoms with E-state index in [1.165, 1.54) is 25.7 Å². The lowest BCUT2D eigenvalue weighted by Crippen LogP contribution is -2.20.